The van der Waals surface area contributed by atoms with Crippen molar-refractivity contribution >= 4 is 36.4 Å². The number of hydrogen-bond acceptors (Lipinski definition) is 2. The van der Waals surface area contributed by atoms with Gasteiger partial charge in [0.2, 0.25) is 0 Å². The van der Waals surface area contributed by atoms with Crippen LogP contribution in [0.15, 0.2) is 36.9 Å². The third kappa shape index (κ3) is 4.97. The molecule has 0 bridgehead atoms. The van der Waals surface area contributed by atoms with Gasteiger partial charge in [-0.25, -0.2) is 0 Å². The van der Waals surface area contributed by atoms with Gasteiger partial charge in [-0.2, -0.15) is 0 Å². The average Bonchev–Trinajstić information content (AvgIpc) is 2.33. The van der Waals surface area contributed by atoms with Crippen LogP contribution in [0.4, 0.5) is 0 Å². The van der Waals surface area contributed by atoms with Gasteiger partial charge < -0.3 is 4.90 Å². The molecule has 0 spiro atoms. The molecule has 2 nitrogen and oxygen atoms in total. The molecule has 1 fully saturated rings. The number of piperazine rings is 1. The Morgan fingerprint density at radius 3 is 2.47 bits per heavy atom. The summed E-state index contributed by atoms with van der Waals surface area (Å²) in [6.45, 7) is 8.07. The minimum absolute atomic E-state index is 0. The molecule has 1 atom stereocenters. The summed E-state index contributed by atoms with van der Waals surface area (Å²) < 4.78 is 0. The molecule has 0 saturated carbocycles. The van der Waals surface area contributed by atoms with Gasteiger partial charge in [-0.1, -0.05) is 29.8 Å². The number of likely N-dealkylation sites (N-methyl/N-ethyl adjacent to an activating group) is 1. The zero-order chi connectivity index (χ0) is 12.3. The Kier molecular flexibility index (Phi) is 8.71. The smallest absolute Gasteiger partial charge is 0.0478 e. The van der Waals surface area contributed by atoms with Crippen LogP contribution < -0.4 is 0 Å². The Morgan fingerprint density at radius 1 is 1.26 bits per heavy atom. The van der Waals surface area contributed by atoms with E-state index in [-0.39, 0.29) is 24.8 Å². The molecular weight excluding hydrogens is 303 g/mol. The lowest BCUT2D eigenvalue weighted by atomic mass is 10.0. The largest absolute Gasteiger partial charge is 0.303 e. The SMILES string of the molecule is C=CCN1CCN(C)C[C@H]1c1ccc(Cl)cc1.Cl.Cl. The van der Waals surface area contributed by atoms with E-state index >= 15 is 0 Å². The maximum Gasteiger partial charge on any atom is 0.0478 e. The van der Waals surface area contributed by atoms with E-state index in [1.165, 1.54) is 5.56 Å². The Hall–Kier alpha value is -0.250. The van der Waals surface area contributed by atoms with Crippen LogP contribution in [0.5, 0.6) is 0 Å². The van der Waals surface area contributed by atoms with Crippen LogP contribution in [-0.4, -0.2) is 43.0 Å². The average molecular weight is 324 g/mol. The van der Waals surface area contributed by atoms with Gasteiger partial charge in [0.1, 0.15) is 0 Å². The lowest BCUT2D eigenvalue weighted by Crippen LogP contribution is -2.46. The van der Waals surface area contributed by atoms with Crippen molar-refractivity contribution in [3.8, 4) is 0 Å². The van der Waals surface area contributed by atoms with Crippen molar-refractivity contribution in [3.63, 3.8) is 0 Å². The van der Waals surface area contributed by atoms with Gasteiger partial charge in [-0.05, 0) is 24.7 Å². The normalized spacial score (nSPS) is 20.2. The predicted octanol–water partition coefficient (Wildman–Crippen LogP) is 3.66. The number of nitrogens with zero attached hydrogens (tertiary/aromatic N) is 2. The number of benzene rings is 1. The Labute approximate surface area is 133 Å². The van der Waals surface area contributed by atoms with Crippen LogP contribution in [0.3, 0.4) is 0 Å². The molecule has 1 heterocycles. The molecule has 5 heteroatoms. The molecule has 1 aromatic rings. The summed E-state index contributed by atoms with van der Waals surface area (Å²) in [6.07, 6.45) is 1.98. The van der Waals surface area contributed by atoms with Gasteiger partial charge in [-0.3, -0.25) is 4.90 Å². The number of rotatable bonds is 3. The highest BCUT2D eigenvalue weighted by molar-refractivity contribution is 6.30. The van der Waals surface area contributed by atoms with Crippen LogP contribution in [0.2, 0.25) is 5.02 Å². The fraction of sp³-hybridized carbons (Fsp3) is 0.429. The van der Waals surface area contributed by atoms with Gasteiger partial charge >= 0.3 is 0 Å². The second-order valence-electron chi connectivity index (χ2n) is 4.61. The van der Waals surface area contributed by atoms with Gasteiger partial charge in [0.15, 0.2) is 0 Å². The van der Waals surface area contributed by atoms with E-state index in [0.29, 0.717) is 6.04 Å². The van der Waals surface area contributed by atoms with E-state index < -0.39 is 0 Å². The van der Waals surface area contributed by atoms with Crippen molar-refractivity contribution in [1.29, 1.82) is 0 Å². The van der Waals surface area contributed by atoms with Crippen molar-refractivity contribution in [2.75, 3.05) is 33.2 Å². The monoisotopic (exact) mass is 322 g/mol. The quantitative estimate of drug-likeness (QED) is 0.783. The van der Waals surface area contributed by atoms with Crippen molar-refractivity contribution in [2.24, 2.45) is 0 Å². The van der Waals surface area contributed by atoms with Crippen molar-refractivity contribution < 1.29 is 0 Å². The first-order chi connectivity index (χ1) is 8.20. The molecule has 0 aliphatic carbocycles. The molecule has 0 radical (unpaired) electrons. The van der Waals surface area contributed by atoms with E-state index in [9.17, 15) is 0 Å². The van der Waals surface area contributed by atoms with Crippen LogP contribution >= 0.6 is 36.4 Å². The standard InChI is InChI=1S/C14H19ClN2.2ClH/c1-3-8-17-10-9-16(2)11-14(17)12-4-6-13(15)7-5-12;;/h3-7,14H,1,8-11H2,2H3;2*1H/t14-;;/m0../s1. The molecule has 0 unspecified atom stereocenters. The first kappa shape index (κ1) is 18.8. The second kappa shape index (κ2) is 8.83. The molecule has 1 saturated heterocycles. The Balaban J connectivity index is 0.00000162. The van der Waals surface area contributed by atoms with Gasteiger partial charge in [0.05, 0.1) is 0 Å². The van der Waals surface area contributed by atoms with Crippen LogP contribution in [0.1, 0.15) is 11.6 Å². The van der Waals surface area contributed by atoms with Gasteiger partial charge in [-0.15, -0.1) is 31.4 Å². The molecule has 19 heavy (non-hydrogen) atoms. The molecule has 108 valence electrons. The molecule has 1 aromatic carbocycles. The molecule has 1 aliphatic rings. The molecule has 2 rings (SSSR count). The maximum atomic E-state index is 5.94. The fourth-order valence-electron chi connectivity index (χ4n) is 2.34. The fourth-order valence-corrected chi connectivity index (χ4v) is 2.47. The highest BCUT2D eigenvalue weighted by atomic mass is 35.5. The molecule has 0 aromatic heterocycles. The van der Waals surface area contributed by atoms with E-state index in [2.05, 4.69) is 35.6 Å². The van der Waals surface area contributed by atoms with Crippen LogP contribution in [0.25, 0.3) is 0 Å². The van der Waals surface area contributed by atoms with E-state index in [4.69, 9.17) is 11.6 Å². The summed E-state index contributed by atoms with van der Waals surface area (Å²) in [6, 6.07) is 8.64. The van der Waals surface area contributed by atoms with E-state index in [1.807, 2.05) is 18.2 Å². The minimum atomic E-state index is 0. The van der Waals surface area contributed by atoms with Gasteiger partial charge in [0, 0.05) is 37.2 Å². The zero-order valence-electron chi connectivity index (χ0n) is 11.1. The predicted molar refractivity (Wildman–Crippen MR) is 88.0 cm³/mol. The van der Waals surface area contributed by atoms with Crippen molar-refractivity contribution in [2.45, 2.75) is 6.04 Å². The number of halogens is 3. The highest BCUT2D eigenvalue weighted by Crippen LogP contribution is 2.25. The van der Waals surface area contributed by atoms with Crippen LogP contribution in [0, 0.1) is 0 Å². The highest BCUT2D eigenvalue weighted by Gasteiger charge is 2.25. The number of hydrogen-bond donors (Lipinski definition) is 0. The van der Waals surface area contributed by atoms with E-state index in [1.54, 1.807) is 0 Å². The van der Waals surface area contributed by atoms with Crippen molar-refractivity contribution in [1.82, 2.24) is 9.80 Å². The first-order valence-corrected chi connectivity index (χ1v) is 6.37. The third-order valence-electron chi connectivity index (χ3n) is 3.31. The van der Waals surface area contributed by atoms with Crippen LogP contribution in [-0.2, 0) is 0 Å². The lowest BCUT2D eigenvalue weighted by molar-refractivity contribution is 0.101. The Morgan fingerprint density at radius 2 is 1.89 bits per heavy atom. The lowest BCUT2D eigenvalue weighted by Gasteiger charge is -2.39. The minimum Gasteiger partial charge on any atom is -0.303 e. The maximum absolute atomic E-state index is 5.94. The Bertz CT molecular complexity index is 381. The first-order valence-electron chi connectivity index (χ1n) is 5.99. The summed E-state index contributed by atoms with van der Waals surface area (Å²) in [4.78, 5) is 4.84. The summed E-state index contributed by atoms with van der Waals surface area (Å²) in [5, 5.41) is 0.799. The second-order valence-corrected chi connectivity index (χ2v) is 5.05. The summed E-state index contributed by atoms with van der Waals surface area (Å²) in [7, 11) is 2.17. The molecular formula is C14H21Cl3N2. The molecule has 1 aliphatic heterocycles. The topological polar surface area (TPSA) is 6.48 Å². The third-order valence-corrected chi connectivity index (χ3v) is 3.56. The zero-order valence-corrected chi connectivity index (χ0v) is 13.5. The molecule has 0 amide bonds. The summed E-state index contributed by atoms with van der Waals surface area (Å²) in [5.41, 5.74) is 1.34. The van der Waals surface area contributed by atoms with Gasteiger partial charge in [0.25, 0.3) is 0 Å². The van der Waals surface area contributed by atoms with Crippen molar-refractivity contribution in [3.05, 3.63) is 47.5 Å². The van der Waals surface area contributed by atoms with E-state index in [0.717, 1.165) is 31.2 Å². The summed E-state index contributed by atoms with van der Waals surface area (Å²) >= 11 is 5.94. The molecule has 0 N–H and O–H groups in total. The summed E-state index contributed by atoms with van der Waals surface area (Å²) in [5.74, 6) is 0.